The number of hydrogen-bond donors (Lipinski definition) is 2. The number of β-amino-alcohol motifs (C(OH)–C–C–N with tert-alkyl or cyclic N) is 1. The molecule has 38 heavy (non-hydrogen) atoms. The first-order valence-electron chi connectivity index (χ1n) is 13.0. The van der Waals surface area contributed by atoms with Gasteiger partial charge in [-0.25, -0.2) is 18.4 Å². The molecular weight excluding hydrogens is 510 g/mol. The molecule has 2 aliphatic rings. The van der Waals surface area contributed by atoms with Crippen molar-refractivity contribution in [2.24, 2.45) is 5.92 Å². The lowest BCUT2D eigenvalue weighted by atomic mass is 9.85. The Morgan fingerprint density at radius 2 is 2.03 bits per heavy atom. The van der Waals surface area contributed by atoms with Crippen molar-refractivity contribution < 1.29 is 27.6 Å². The van der Waals surface area contributed by atoms with Crippen molar-refractivity contribution in [2.75, 3.05) is 37.0 Å². The Labute approximate surface area is 221 Å². The first-order chi connectivity index (χ1) is 18.3. The molecule has 2 N–H and O–H groups in total. The number of para-hydroxylation sites is 1. The van der Waals surface area contributed by atoms with E-state index in [1.165, 1.54) is 6.26 Å². The van der Waals surface area contributed by atoms with Crippen LogP contribution in [0, 0.1) is 5.92 Å². The summed E-state index contributed by atoms with van der Waals surface area (Å²) >= 11 is 0. The monoisotopic (exact) mass is 543 g/mol. The van der Waals surface area contributed by atoms with Crippen molar-refractivity contribution in [3.05, 3.63) is 30.5 Å². The zero-order chi connectivity index (χ0) is 26.7. The number of amides is 1. The molecule has 204 valence electrons. The predicted molar refractivity (Wildman–Crippen MR) is 141 cm³/mol. The van der Waals surface area contributed by atoms with Crippen LogP contribution in [0.5, 0.6) is 5.75 Å². The van der Waals surface area contributed by atoms with Gasteiger partial charge in [-0.3, -0.25) is 4.79 Å². The number of benzene rings is 1. The van der Waals surface area contributed by atoms with Gasteiger partial charge in [-0.05, 0) is 56.7 Å². The lowest BCUT2D eigenvalue weighted by Gasteiger charge is -2.30. The highest BCUT2D eigenvalue weighted by Gasteiger charge is 2.33. The molecule has 3 heterocycles. The van der Waals surface area contributed by atoms with Gasteiger partial charge in [-0.2, -0.15) is 0 Å². The van der Waals surface area contributed by atoms with E-state index in [0.717, 1.165) is 31.1 Å². The number of fused-ring (bicyclic) bond motifs is 1. The number of rotatable bonds is 9. The highest BCUT2D eigenvalue weighted by Crippen LogP contribution is 2.33. The molecule has 11 nitrogen and oxygen atoms in total. The summed E-state index contributed by atoms with van der Waals surface area (Å²) in [5.74, 6) is 1.22. The summed E-state index contributed by atoms with van der Waals surface area (Å²) in [6, 6.07) is 7.40. The third-order valence-corrected chi connectivity index (χ3v) is 8.19. The molecule has 1 aromatic carbocycles. The average molecular weight is 544 g/mol. The van der Waals surface area contributed by atoms with E-state index in [1.807, 2.05) is 12.1 Å². The molecule has 0 bridgehead atoms. The van der Waals surface area contributed by atoms with Gasteiger partial charge < -0.3 is 24.6 Å². The number of likely N-dealkylation sites (tertiary alicyclic amines) is 1. The second-order valence-corrected chi connectivity index (χ2v) is 12.4. The minimum atomic E-state index is -3.04. The summed E-state index contributed by atoms with van der Waals surface area (Å²) in [6.07, 6.45) is 6.80. The highest BCUT2D eigenvalue weighted by molar-refractivity contribution is 7.90. The first-order valence-corrected chi connectivity index (χ1v) is 15.1. The molecular formula is C26H33N5O6S. The smallest absolute Gasteiger partial charge is 0.225 e. The van der Waals surface area contributed by atoms with Crippen molar-refractivity contribution in [1.82, 2.24) is 20.0 Å². The Bertz CT molecular complexity index is 1390. The largest absolute Gasteiger partial charge is 0.490 e. The van der Waals surface area contributed by atoms with Crippen LogP contribution in [0.2, 0.25) is 0 Å². The van der Waals surface area contributed by atoms with E-state index in [9.17, 15) is 18.3 Å². The lowest BCUT2D eigenvalue weighted by Crippen LogP contribution is -2.38. The van der Waals surface area contributed by atoms with E-state index in [4.69, 9.17) is 9.26 Å². The van der Waals surface area contributed by atoms with Crippen molar-refractivity contribution in [3.8, 4) is 17.1 Å². The zero-order valence-corrected chi connectivity index (χ0v) is 22.2. The third kappa shape index (κ3) is 6.24. The van der Waals surface area contributed by atoms with Crippen LogP contribution in [0.3, 0.4) is 0 Å². The molecule has 1 saturated carbocycles. The normalized spacial score (nSPS) is 22.1. The molecule has 3 aromatic rings. The molecule has 0 radical (unpaired) electrons. The van der Waals surface area contributed by atoms with Gasteiger partial charge in [0.05, 0.1) is 29.5 Å². The van der Waals surface area contributed by atoms with Crippen LogP contribution < -0.4 is 10.1 Å². The maximum atomic E-state index is 12.8. The number of ether oxygens (including phenoxy) is 1. The van der Waals surface area contributed by atoms with Crippen LogP contribution in [0.4, 0.5) is 5.95 Å². The van der Waals surface area contributed by atoms with Crippen LogP contribution in [-0.2, 0) is 14.6 Å². The topological polar surface area (TPSA) is 148 Å². The molecule has 2 aromatic heterocycles. The standard InChI is InChI=1S/C26H33N5O6S/c1-38(34,35)15-3-14-36-22-5-2-4-20-23(30-37-24(20)22)21-10-12-27-26(29-21)28-18-8-6-17(7-9-18)25(33)31-13-11-19(32)16-31/h2,4-5,10,12,17-19,32H,3,6-9,11,13-16H2,1H3,(H,27,28,29)/t17?,18?,19-/m1/s1. The number of nitrogens with one attached hydrogen (secondary N) is 1. The van der Waals surface area contributed by atoms with E-state index in [1.54, 1.807) is 23.2 Å². The van der Waals surface area contributed by atoms with E-state index >= 15 is 0 Å². The molecule has 12 heteroatoms. The van der Waals surface area contributed by atoms with Gasteiger partial charge in [-0.15, -0.1) is 0 Å². The number of aliphatic hydroxyl groups is 1. The number of carbonyl (C=O) groups is 1. The number of hydrogen-bond acceptors (Lipinski definition) is 10. The third-order valence-electron chi connectivity index (χ3n) is 7.16. The van der Waals surface area contributed by atoms with Crippen molar-refractivity contribution >= 4 is 32.7 Å². The summed E-state index contributed by atoms with van der Waals surface area (Å²) in [6.45, 7) is 1.34. The Morgan fingerprint density at radius 3 is 2.76 bits per heavy atom. The minimum absolute atomic E-state index is 0.00915. The number of aliphatic hydroxyl groups excluding tert-OH is 1. The van der Waals surface area contributed by atoms with Crippen molar-refractivity contribution in [1.29, 1.82) is 0 Å². The van der Waals surface area contributed by atoms with Gasteiger partial charge >= 0.3 is 0 Å². The van der Waals surface area contributed by atoms with Crippen LogP contribution >= 0.6 is 0 Å². The summed E-state index contributed by atoms with van der Waals surface area (Å²) in [5.41, 5.74) is 1.64. The Morgan fingerprint density at radius 1 is 1.21 bits per heavy atom. The summed E-state index contributed by atoms with van der Waals surface area (Å²) < 4.78 is 34.0. The summed E-state index contributed by atoms with van der Waals surface area (Å²) in [7, 11) is -3.04. The van der Waals surface area contributed by atoms with Gasteiger partial charge in [0, 0.05) is 37.5 Å². The molecule has 5 rings (SSSR count). The fourth-order valence-corrected chi connectivity index (χ4v) is 5.81. The van der Waals surface area contributed by atoms with Crippen molar-refractivity contribution in [2.45, 2.75) is 50.7 Å². The van der Waals surface area contributed by atoms with Gasteiger partial charge in [-0.1, -0.05) is 11.2 Å². The van der Waals surface area contributed by atoms with Crippen molar-refractivity contribution in [3.63, 3.8) is 0 Å². The van der Waals surface area contributed by atoms with E-state index < -0.39 is 15.9 Å². The van der Waals surface area contributed by atoms with Gasteiger partial charge in [0.1, 0.15) is 15.5 Å². The van der Waals surface area contributed by atoms with Gasteiger partial charge in [0.25, 0.3) is 0 Å². The first kappa shape index (κ1) is 26.4. The van der Waals surface area contributed by atoms with Crippen LogP contribution in [-0.4, -0.2) is 83.3 Å². The maximum absolute atomic E-state index is 12.8. The van der Waals surface area contributed by atoms with Gasteiger partial charge in [0.2, 0.25) is 17.4 Å². The summed E-state index contributed by atoms with van der Waals surface area (Å²) in [4.78, 5) is 23.6. The van der Waals surface area contributed by atoms with Gasteiger partial charge in [0.15, 0.2) is 5.75 Å². The Kier molecular flexibility index (Phi) is 7.80. The molecule has 2 fully saturated rings. The molecule has 1 saturated heterocycles. The number of nitrogens with zero attached hydrogens (tertiary/aromatic N) is 4. The van der Waals surface area contributed by atoms with E-state index in [2.05, 4.69) is 20.4 Å². The molecule has 0 spiro atoms. The van der Waals surface area contributed by atoms with E-state index in [-0.39, 0.29) is 30.2 Å². The number of carbonyl (C=O) groups excluding carboxylic acids is 1. The highest BCUT2D eigenvalue weighted by atomic mass is 32.2. The van der Waals surface area contributed by atoms with E-state index in [0.29, 0.717) is 54.6 Å². The number of sulfone groups is 1. The van der Waals surface area contributed by atoms with Crippen LogP contribution in [0.1, 0.15) is 38.5 Å². The molecule has 1 aliphatic carbocycles. The Balaban J connectivity index is 1.21. The summed E-state index contributed by atoms with van der Waals surface area (Å²) in [5, 5.41) is 18.1. The SMILES string of the molecule is CS(=O)(=O)CCCOc1cccc2c(-c3ccnc(NC4CCC(C(=O)N5CC[C@@H](O)C5)CC4)n3)noc12. The molecule has 1 amide bonds. The fraction of sp³-hybridized carbons (Fsp3) is 0.538. The zero-order valence-electron chi connectivity index (χ0n) is 21.4. The average Bonchev–Trinajstić information content (AvgIpc) is 3.53. The Hall–Kier alpha value is -3.25. The predicted octanol–water partition coefficient (Wildman–Crippen LogP) is 2.66. The molecule has 0 unspecified atom stereocenters. The van der Waals surface area contributed by atoms with Crippen LogP contribution in [0.15, 0.2) is 35.0 Å². The second-order valence-electron chi connectivity index (χ2n) is 10.2. The van der Waals surface area contributed by atoms with Crippen LogP contribution in [0.25, 0.3) is 22.4 Å². The number of anilines is 1. The second kappa shape index (κ2) is 11.2. The maximum Gasteiger partial charge on any atom is 0.225 e. The quantitative estimate of drug-likeness (QED) is 0.386. The fourth-order valence-electron chi connectivity index (χ4n) is 5.17. The lowest BCUT2D eigenvalue weighted by molar-refractivity contribution is -0.135. The molecule has 1 atom stereocenters. The number of aromatic nitrogens is 3. The minimum Gasteiger partial charge on any atom is -0.490 e. The molecule has 1 aliphatic heterocycles.